The molecule has 1 amide bonds. The average molecular weight is 299 g/mol. The van der Waals surface area contributed by atoms with Gasteiger partial charge in [-0.15, -0.1) is 0 Å². The molecule has 0 aliphatic rings. The van der Waals surface area contributed by atoms with Crippen LogP contribution >= 0.6 is 0 Å². The Labute approximate surface area is 128 Å². The van der Waals surface area contributed by atoms with Crippen molar-refractivity contribution >= 4 is 17.7 Å². The van der Waals surface area contributed by atoms with Crippen LogP contribution in [0, 0.1) is 0 Å². The third-order valence-electron chi connectivity index (χ3n) is 2.86. The van der Waals surface area contributed by atoms with Crippen molar-refractivity contribution < 1.29 is 19.7 Å². The summed E-state index contributed by atoms with van der Waals surface area (Å²) < 4.78 is 5.32. The van der Waals surface area contributed by atoms with E-state index in [-0.39, 0.29) is 17.4 Å². The molecule has 0 aromatic heterocycles. The first-order valence-corrected chi connectivity index (χ1v) is 6.82. The predicted molar refractivity (Wildman–Crippen MR) is 85.0 cm³/mol. The number of ether oxygens (including phenoxy) is 1. The van der Waals surface area contributed by atoms with Crippen LogP contribution in [0.1, 0.15) is 12.5 Å². The largest absolute Gasteiger partial charge is 0.504 e. The minimum absolute atomic E-state index is 0.198. The highest BCUT2D eigenvalue weighted by molar-refractivity contribution is 6.01. The molecule has 0 aliphatic heterocycles. The molecule has 0 saturated carbocycles. The Morgan fingerprint density at radius 2 is 1.86 bits per heavy atom. The summed E-state index contributed by atoms with van der Waals surface area (Å²) in [5, 5.41) is 21.3. The fourth-order valence-corrected chi connectivity index (χ4v) is 1.80. The number of benzene rings is 2. The summed E-state index contributed by atoms with van der Waals surface area (Å²) in [7, 11) is 0. The number of hydrogen-bond donors (Lipinski definition) is 3. The summed E-state index contributed by atoms with van der Waals surface area (Å²) in [6.07, 6.45) is 2.89. The Morgan fingerprint density at radius 3 is 2.50 bits per heavy atom. The molecule has 0 heterocycles. The van der Waals surface area contributed by atoms with Crippen LogP contribution in [0.2, 0.25) is 0 Å². The van der Waals surface area contributed by atoms with E-state index in [9.17, 15) is 15.0 Å². The van der Waals surface area contributed by atoms with Crippen LogP contribution < -0.4 is 10.1 Å². The minimum Gasteiger partial charge on any atom is -0.504 e. The molecule has 2 rings (SSSR count). The van der Waals surface area contributed by atoms with Gasteiger partial charge in [0.15, 0.2) is 11.5 Å². The molecule has 0 bridgehead atoms. The second kappa shape index (κ2) is 7.17. The van der Waals surface area contributed by atoms with E-state index in [4.69, 9.17) is 4.74 Å². The van der Waals surface area contributed by atoms with E-state index < -0.39 is 0 Å². The number of phenols is 2. The van der Waals surface area contributed by atoms with Crippen LogP contribution in [0.4, 0.5) is 5.69 Å². The molecule has 0 fully saturated rings. The van der Waals surface area contributed by atoms with Gasteiger partial charge in [-0.3, -0.25) is 4.79 Å². The maximum atomic E-state index is 11.8. The molecule has 0 radical (unpaired) electrons. The van der Waals surface area contributed by atoms with Crippen molar-refractivity contribution in [2.75, 3.05) is 11.9 Å². The first-order valence-electron chi connectivity index (χ1n) is 6.82. The lowest BCUT2D eigenvalue weighted by molar-refractivity contribution is -0.111. The van der Waals surface area contributed by atoms with Gasteiger partial charge in [0.1, 0.15) is 5.75 Å². The van der Waals surface area contributed by atoms with Gasteiger partial charge in [0.2, 0.25) is 5.91 Å². The third-order valence-corrected chi connectivity index (χ3v) is 2.86. The number of nitrogens with one attached hydrogen (secondary N) is 1. The third kappa shape index (κ3) is 4.28. The first kappa shape index (κ1) is 15.4. The number of amides is 1. The van der Waals surface area contributed by atoms with Crippen LogP contribution in [0.5, 0.6) is 17.2 Å². The van der Waals surface area contributed by atoms with E-state index in [0.717, 1.165) is 5.75 Å². The monoisotopic (exact) mass is 299 g/mol. The molecule has 0 unspecified atom stereocenters. The Hall–Kier alpha value is -2.95. The van der Waals surface area contributed by atoms with Gasteiger partial charge in [-0.2, -0.15) is 0 Å². The van der Waals surface area contributed by atoms with Gasteiger partial charge in [0.05, 0.1) is 6.61 Å². The zero-order chi connectivity index (χ0) is 15.9. The Morgan fingerprint density at radius 1 is 1.14 bits per heavy atom. The fourth-order valence-electron chi connectivity index (χ4n) is 1.80. The Kier molecular flexibility index (Phi) is 5.03. The van der Waals surface area contributed by atoms with Gasteiger partial charge in [-0.25, -0.2) is 0 Å². The predicted octanol–water partition coefficient (Wildman–Crippen LogP) is 3.15. The van der Waals surface area contributed by atoms with Crippen LogP contribution in [0.3, 0.4) is 0 Å². The van der Waals surface area contributed by atoms with Crippen molar-refractivity contribution in [2.24, 2.45) is 0 Å². The lowest BCUT2D eigenvalue weighted by Gasteiger charge is -2.05. The number of phenolic OH excluding ortho intramolecular Hbond substituents is 2. The van der Waals surface area contributed by atoms with Crippen molar-refractivity contribution in [3.63, 3.8) is 0 Å². The molecule has 114 valence electrons. The van der Waals surface area contributed by atoms with E-state index in [1.807, 2.05) is 6.92 Å². The van der Waals surface area contributed by atoms with Crippen molar-refractivity contribution in [2.45, 2.75) is 6.92 Å². The molecule has 0 aliphatic carbocycles. The molecule has 0 atom stereocenters. The highest BCUT2D eigenvalue weighted by Gasteiger charge is 2.01. The zero-order valence-electron chi connectivity index (χ0n) is 12.1. The summed E-state index contributed by atoms with van der Waals surface area (Å²) in [5.74, 6) is 0.0254. The molecule has 0 spiro atoms. The topological polar surface area (TPSA) is 78.8 Å². The zero-order valence-corrected chi connectivity index (χ0v) is 12.1. The number of anilines is 1. The van der Waals surface area contributed by atoms with Gasteiger partial charge in [-0.1, -0.05) is 6.07 Å². The fraction of sp³-hybridized carbons (Fsp3) is 0.118. The van der Waals surface area contributed by atoms with E-state index in [2.05, 4.69) is 5.32 Å². The van der Waals surface area contributed by atoms with Gasteiger partial charge in [0.25, 0.3) is 0 Å². The van der Waals surface area contributed by atoms with E-state index in [0.29, 0.717) is 17.9 Å². The Balaban J connectivity index is 1.97. The maximum Gasteiger partial charge on any atom is 0.248 e. The van der Waals surface area contributed by atoms with E-state index in [1.165, 1.54) is 18.2 Å². The van der Waals surface area contributed by atoms with E-state index in [1.54, 1.807) is 36.4 Å². The van der Waals surface area contributed by atoms with Crippen molar-refractivity contribution in [1.82, 2.24) is 0 Å². The second-order valence-corrected chi connectivity index (χ2v) is 4.53. The van der Waals surface area contributed by atoms with Crippen LogP contribution in [-0.4, -0.2) is 22.7 Å². The van der Waals surface area contributed by atoms with Crippen LogP contribution in [-0.2, 0) is 4.79 Å². The summed E-state index contributed by atoms with van der Waals surface area (Å²) >= 11 is 0. The molecule has 5 nitrogen and oxygen atoms in total. The van der Waals surface area contributed by atoms with Crippen LogP contribution in [0.25, 0.3) is 6.08 Å². The lowest BCUT2D eigenvalue weighted by atomic mass is 10.2. The molecular formula is C17H17NO4. The van der Waals surface area contributed by atoms with E-state index >= 15 is 0 Å². The van der Waals surface area contributed by atoms with Gasteiger partial charge in [0, 0.05) is 11.8 Å². The average Bonchev–Trinajstić information content (AvgIpc) is 2.51. The molecule has 3 N–H and O–H groups in total. The smallest absolute Gasteiger partial charge is 0.248 e. The van der Waals surface area contributed by atoms with Crippen molar-refractivity contribution in [1.29, 1.82) is 0 Å². The number of carbonyl (C=O) groups excluding carboxylic acids is 1. The maximum absolute atomic E-state index is 11.8. The van der Waals surface area contributed by atoms with Crippen LogP contribution in [0.15, 0.2) is 48.5 Å². The quantitative estimate of drug-likeness (QED) is 0.585. The molecule has 0 saturated heterocycles. The van der Waals surface area contributed by atoms with Gasteiger partial charge >= 0.3 is 0 Å². The summed E-state index contributed by atoms with van der Waals surface area (Å²) in [4.78, 5) is 11.8. The number of rotatable bonds is 5. The normalized spacial score (nSPS) is 10.6. The molecule has 22 heavy (non-hydrogen) atoms. The standard InChI is InChI=1S/C17H17NO4/c1-2-22-14-7-5-13(6-8-14)18-17(21)10-4-12-3-9-15(19)16(20)11-12/h3-11,19-20H,2H2,1H3,(H,18,21)/b10-4+. The van der Waals surface area contributed by atoms with Crippen molar-refractivity contribution in [3.8, 4) is 17.2 Å². The SMILES string of the molecule is CCOc1ccc(NC(=O)/C=C/c2ccc(O)c(O)c2)cc1. The highest BCUT2D eigenvalue weighted by atomic mass is 16.5. The number of aromatic hydroxyl groups is 2. The summed E-state index contributed by atoms with van der Waals surface area (Å²) in [5.41, 5.74) is 1.27. The minimum atomic E-state index is -0.295. The molecule has 2 aromatic rings. The second-order valence-electron chi connectivity index (χ2n) is 4.53. The van der Waals surface area contributed by atoms with Gasteiger partial charge < -0.3 is 20.3 Å². The number of hydrogen-bond acceptors (Lipinski definition) is 4. The molecular weight excluding hydrogens is 282 g/mol. The van der Waals surface area contributed by atoms with Crippen molar-refractivity contribution in [3.05, 3.63) is 54.1 Å². The molecule has 2 aromatic carbocycles. The highest BCUT2D eigenvalue weighted by Crippen LogP contribution is 2.25. The summed E-state index contributed by atoms with van der Waals surface area (Å²) in [6, 6.07) is 11.4. The Bertz CT molecular complexity index is 678. The van der Waals surface area contributed by atoms with Gasteiger partial charge in [-0.05, 0) is 55.0 Å². The number of carbonyl (C=O) groups is 1. The molecule has 5 heteroatoms. The first-order chi connectivity index (χ1) is 10.6. The summed E-state index contributed by atoms with van der Waals surface area (Å²) in [6.45, 7) is 2.50. The lowest BCUT2D eigenvalue weighted by Crippen LogP contribution is -2.07.